The van der Waals surface area contributed by atoms with Gasteiger partial charge >= 0.3 is 0 Å². The zero-order chi connectivity index (χ0) is 13.3. The maximum Gasteiger partial charge on any atom is 0.151 e. The van der Waals surface area contributed by atoms with E-state index >= 15 is 0 Å². The summed E-state index contributed by atoms with van der Waals surface area (Å²) in [5.41, 5.74) is 0.569. The van der Waals surface area contributed by atoms with Gasteiger partial charge in [-0.25, -0.2) is 8.42 Å². The number of benzene rings is 1. The predicted molar refractivity (Wildman–Crippen MR) is 68.4 cm³/mol. The maximum absolute atomic E-state index is 11.4. The molecule has 3 N–H and O–H groups in total. The topological polar surface area (TPSA) is 86.6 Å². The first-order chi connectivity index (χ1) is 8.37. The van der Waals surface area contributed by atoms with Gasteiger partial charge in [0, 0.05) is 17.6 Å². The van der Waals surface area contributed by atoms with Crippen LogP contribution in [0, 0.1) is 0 Å². The van der Waals surface area contributed by atoms with Crippen molar-refractivity contribution in [2.24, 2.45) is 0 Å². The molecule has 0 spiro atoms. The monoisotopic (exact) mass is 271 g/mol. The Morgan fingerprint density at radius 1 is 1.39 bits per heavy atom. The van der Waals surface area contributed by atoms with Gasteiger partial charge in [-0.1, -0.05) is 0 Å². The highest BCUT2D eigenvalue weighted by Gasteiger charge is 2.29. The van der Waals surface area contributed by atoms with Crippen molar-refractivity contribution >= 4 is 9.84 Å². The van der Waals surface area contributed by atoms with Crippen LogP contribution in [0.5, 0.6) is 11.5 Å². The van der Waals surface area contributed by atoms with Crippen molar-refractivity contribution in [2.75, 3.05) is 11.5 Å². The van der Waals surface area contributed by atoms with Crippen LogP contribution in [0.2, 0.25) is 0 Å². The minimum atomic E-state index is -2.92. The fraction of sp³-hybridized carbons (Fsp3) is 0.500. The third-order valence-corrected chi connectivity index (χ3v) is 4.96. The lowest BCUT2D eigenvalue weighted by Crippen LogP contribution is -2.32. The van der Waals surface area contributed by atoms with Gasteiger partial charge in [-0.2, -0.15) is 0 Å². The fourth-order valence-corrected chi connectivity index (χ4v) is 3.94. The standard InChI is InChI=1S/C12H17NO4S/c1-8(11-6-10(14)2-3-12(11)15)13-9-4-5-18(16,17)7-9/h2-3,6,8-9,13-15H,4-5,7H2,1H3. The van der Waals surface area contributed by atoms with Gasteiger partial charge in [0.2, 0.25) is 0 Å². The first kappa shape index (κ1) is 13.2. The van der Waals surface area contributed by atoms with Crippen LogP contribution in [0.15, 0.2) is 18.2 Å². The molecule has 2 rings (SSSR count). The molecule has 1 aromatic rings. The van der Waals surface area contributed by atoms with Crippen LogP contribution in [0.1, 0.15) is 24.9 Å². The largest absolute Gasteiger partial charge is 0.508 e. The molecular formula is C12H17NO4S. The SMILES string of the molecule is CC(NC1CCS(=O)(=O)C1)c1cc(O)ccc1O. The molecule has 6 heteroatoms. The van der Waals surface area contributed by atoms with E-state index in [2.05, 4.69) is 5.32 Å². The van der Waals surface area contributed by atoms with Crippen molar-refractivity contribution in [3.63, 3.8) is 0 Å². The molecule has 1 saturated heterocycles. The van der Waals surface area contributed by atoms with Crippen molar-refractivity contribution in [2.45, 2.75) is 25.4 Å². The molecule has 18 heavy (non-hydrogen) atoms. The average molecular weight is 271 g/mol. The number of nitrogens with one attached hydrogen (secondary N) is 1. The van der Waals surface area contributed by atoms with E-state index in [4.69, 9.17) is 0 Å². The Morgan fingerprint density at radius 3 is 2.72 bits per heavy atom. The van der Waals surface area contributed by atoms with Gasteiger partial charge in [-0.15, -0.1) is 0 Å². The molecule has 1 aliphatic rings. The number of phenols is 2. The second-order valence-electron chi connectivity index (χ2n) is 4.73. The molecule has 0 saturated carbocycles. The summed E-state index contributed by atoms with van der Waals surface area (Å²) in [5, 5.41) is 22.3. The number of aromatic hydroxyl groups is 2. The molecule has 0 aromatic heterocycles. The highest BCUT2D eigenvalue weighted by Crippen LogP contribution is 2.28. The van der Waals surface area contributed by atoms with Crippen molar-refractivity contribution in [3.8, 4) is 11.5 Å². The summed E-state index contributed by atoms with van der Waals surface area (Å²) in [7, 11) is -2.92. The van der Waals surface area contributed by atoms with Crippen molar-refractivity contribution in [1.29, 1.82) is 0 Å². The summed E-state index contributed by atoms with van der Waals surface area (Å²) in [6, 6.07) is 4.01. The number of rotatable bonds is 3. The molecule has 0 amide bonds. The molecule has 1 aromatic carbocycles. The van der Waals surface area contributed by atoms with Crippen molar-refractivity contribution < 1.29 is 18.6 Å². The van der Waals surface area contributed by atoms with E-state index < -0.39 is 9.84 Å². The first-order valence-electron chi connectivity index (χ1n) is 5.86. The van der Waals surface area contributed by atoms with E-state index in [9.17, 15) is 18.6 Å². The molecule has 2 atom stereocenters. The average Bonchev–Trinajstić information content (AvgIpc) is 2.61. The number of sulfone groups is 1. The quantitative estimate of drug-likeness (QED) is 0.712. The minimum Gasteiger partial charge on any atom is -0.508 e. The van der Waals surface area contributed by atoms with Gasteiger partial charge in [-0.3, -0.25) is 0 Å². The number of hydrogen-bond donors (Lipinski definition) is 3. The van der Waals surface area contributed by atoms with Gasteiger partial charge in [0.1, 0.15) is 11.5 Å². The van der Waals surface area contributed by atoms with E-state index in [1.807, 2.05) is 6.92 Å². The lowest BCUT2D eigenvalue weighted by molar-refractivity contribution is 0.428. The summed E-state index contributed by atoms with van der Waals surface area (Å²) in [5.74, 6) is 0.518. The number of hydrogen-bond acceptors (Lipinski definition) is 5. The van der Waals surface area contributed by atoms with Gasteiger partial charge < -0.3 is 15.5 Å². The molecule has 100 valence electrons. The minimum absolute atomic E-state index is 0.0792. The van der Waals surface area contributed by atoms with Gasteiger partial charge in [0.15, 0.2) is 9.84 Å². The molecular weight excluding hydrogens is 254 g/mol. The third kappa shape index (κ3) is 2.94. The summed E-state index contributed by atoms with van der Waals surface area (Å²) in [6.07, 6.45) is 0.590. The summed E-state index contributed by atoms with van der Waals surface area (Å²) >= 11 is 0. The van der Waals surface area contributed by atoms with Crippen LogP contribution in [0.25, 0.3) is 0 Å². The normalized spacial score (nSPS) is 23.9. The van der Waals surface area contributed by atoms with Crippen LogP contribution < -0.4 is 5.32 Å². The Kier molecular flexibility index (Phi) is 3.49. The Morgan fingerprint density at radius 2 is 2.11 bits per heavy atom. The molecule has 1 heterocycles. The Balaban J connectivity index is 2.08. The van der Waals surface area contributed by atoms with Crippen molar-refractivity contribution in [3.05, 3.63) is 23.8 Å². The zero-order valence-corrected chi connectivity index (χ0v) is 10.9. The maximum atomic E-state index is 11.4. The van der Waals surface area contributed by atoms with Crippen LogP contribution in [0.4, 0.5) is 0 Å². The van der Waals surface area contributed by atoms with Crippen molar-refractivity contribution in [1.82, 2.24) is 5.32 Å². The number of phenolic OH excluding ortho intramolecular Hbond substituents is 2. The molecule has 5 nitrogen and oxygen atoms in total. The molecule has 0 aliphatic carbocycles. The van der Waals surface area contributed by atoms with Gasteiger partial charge in [-0.05, 0) is 31.5 Å². The van der Waals surface area contributed by atoms with Gasteiger partial charge in [0.25, 0.3) is 0 Å². The smallest absolute Gasteiger partial charge is 0.151 e. The summed E-state index contributed by atoms with van der Waals surface area (Å²) < 4.78 is 22.7. The van der Waals surface area contributed by atoms with Gasteiger partial charge in [0.05, 0.1) is 11.5 Å². The first-order valence-corrected chi connectivity index (χ1v) is 7.68. The third-order valence-electron chi connectivity index (χ3n) is 3.20. The fourth-order valence-electron chi connectivity index (χ4n) is 2.26. The summed E-state index contributed by atoms with van der Waals surface area (Å²) in [6.45, 7) is 1.83. The highest BCUT2D eigenvalue weighted by molar-refractivity contribution is 7.91. The molecule has 0 radical (unpaired) electrons. The van der Waals surface area contributed by atoms with E-state index in [1.165, 1.54) is 18.2 Å². The highest BCUT2D eigenvalue weighted by atomic mass is 32.2. The Bertz CT molecular complexity index is 541. The Labute approximate surface area is 106 Å². The molecule has 0 bridgehead atoms. The van der Waals surface area contributed by atoms with E-state index in [1.54, 1.807) is 0 Å². The lowest BCUT2D eigenvalue weighted by Gasteiger charge is -2.19. The molecule has 1 fully saturated rings. The molecule has 1 aliphatic heterocycles. The zero-order valence-electron chi connectivity index (χ0n) is 10.1. The van der Waals surface area contributed by atoms with Crippen LogP contribution in [-0.4, -0.2) is 36.2 Å². The molecule has 2 unspecified atom stereocenters. The lowest BCUT2D eigenvalue weighted by atomic mass is 10.1. The Hall–Kier alpha value is -1.27. The predicted octanol–water partition coefficient (Wildman–Crippen LogP) is 0.935. The van der Waals surface area contributed by atoms with E-state index in [0.29, 0.717) is 12.0 Å². The summed E-state index contributed by atoms with van der Waals surface area (Å²) in [4.78, 5) is 0. The second-order valence-corrected chi connectivity index (χ2v) is 6.96. The van der Waals surface area contributed by atoms with Crippen LogP contribution in [-0.2, 0) is 9.84 Å². The van der Waals surface area contributed by atoms with E-state index in [0.717, 1.165) is 0 Å². The van der Waals surface area contributed by atoms with Crippen LogP contribution >= 0.6 is 0 Å². The van der Waals surface area contributed by atoms with Crippen LogP contribution in [0.3, 0.4) is 0 Å². The van der Waals surface area contributed by atoms with E-state index in [-0.39, 0.29) is 35.1 Å². The second kappa shape index (κ2) is 4.78.